The van der Waals surface area contributed by atoms with Crippen molar-refractivity contribution in [2.45, 2.75) is 18.9 Å². The Bertz CT molecular complexity index is 514. The standard InChI is InChI=1S/C15H18N2O3/c18-14(11-1-3-12(4-2-11)15(19)20)17-9-7-16(8-10-17)13-5-6-13/h1-4,13H,5-10H2,(H,19,20). The Labute approximate surface area is 117 Å². The van der Waals surface area contributed by atoms with Gasteiger partial charge in [-0.25, -0.2) is 4.79 Å². The van der Waals surface area contributed by atoms with Crippen molar-refractivity contribution in [3.63, 3.8) is 0 Å². The molecule has 0 atom stereocenters. The zero-order chi connectivity index (χ0) is 14.1. The second kappa shape index (κ2) is 5.25. The van der Waals surface area contributed by atoms with E-state index in [1.165, 1.54) is 25.0 Å². The van der Waals surface area contributed by atoms with E-state index < -0.39 is 5.97 Å². The Morgan fingerprint density at radius 2 is 1.50 bits per heavy atom. The molecule has 1 saturated carbocycles. The Hall–Kier alpha value is -1.88. The van der Waals surface area contributed by atoms with Crippen molar-refractivity contribution in [2.24, 2.45) is 0 Å². The van der Waals surface area contributed by atoms with Crippen LogP contribution in [-0.2, 0) is 0 Å². The number of carboxylic acids is 1. The third-order valence-electron chi connectivity index (χ3n) is 4.04. The summed E-state index contributed by atoms with van der Waals surface area (Å²) in [4.78, 5) is 27.4. The lowest BCUT2D eigenvalue weighted by atomic mass is 10.1. The molecular weight excluding hydrogens is 256 g/mol. The normalized spacial score (nSPS) is 19.9. The van der Waals surface area contributed by atoms with E-state index in [0.29, 0.717) is 5.56 Å². The van der Waals surface area contributed by atoms with Gasteiger partial charge in [-0.15, -0.1) is 0 Å². The van der Waals surface area contributed by atoms with Crippen LogP contribution in [0.3, 0.4) is 0 Å². The predicted molar refractivity (Wildman–Crippen MR) is 73.9 cm³/mol. The number of aromatic carboxylic acids is 1. The van der Waals surface area contributed by atoms with E-state index in [9.17, 15) is 9.59 Å². The predicted octanol–water partition coefficient (Wildman–Crippen LogP) is 1.31. The molecule has 1 amide bonds. The fourth-order valence-corrected chi connectivity index (χ4v) is 2.67. The van der Waals surface area contributed by atoms with E-state index in [0.717, 1.165) is 32.2 Å². The number of carbonyl (C=O) groups excluding carboxylic acids is 1. The number of amides is 1. The smallest absolute Gasteiger partial charge is 0.335 e. The number of rotatable bonds is 3. The molecule has 0 aromatic heterocycles. The summed E-state index contributed by atoms with van der Waals surface area (Å²) in [6.07, 6.45) is 2.59. The van der Waals surface area contributed by atoms with E-state index in [1.54, 1.807) is 12.1 Å². The Morgan fingerprint density at radius 1 is 0.950 bits per heavy atom. The zero-order valence-corrected chi connectivity index (χ0v) is 11.3. The Balaban J connectivity index is 1.62. The van der Waals surface area contributed by atoms with Crippen LogP contribution in [-0.4, -0.2) is 59.0 Å². The van der Waals surface area contributed by atoms with Crippen molar-refractivity contribution in [3.8, 4) is 0 Å². The molecular formula is C15H18N2O3. The van der Waals surface area contributed by atoms with Gasteiger partial charge in [0.05, 0.1) is 5.56 Å². The lowest BCUT2D eigenvalue weighted by molar-refractivity contribution is 0.0625. The minimum atomic E-state index is -0.970. The summed E-state index contributed by atoms with van der Waals surface area (Å²) in [5, 5.41) is 8.85. The molecule has 2 fully saturated rings. The molecule has 1 aliphatic carbocycles. The van der Waals surface area contributed by atoms with Crippen LogP contribution < -0.4 is 0 Å². The van der Waals surface area contributed by atoms with Crippen LogP contribution in [0.15, 0.2) is 24.3 Å². The molecule has 1 saturated heterocycles. The van der Waals surface area contributed by atoms with Gasteiger partial charge in [-0.2, -0.15) is 0 Å². The number of nitrogens with zero attached hydrogens (tertiary/aromatic N) is 2. The number of benzene rings is 1. The summed E-state index contributed by atoms with van der Waals surface area (Å²) in [6, 6.07) is 6.91. The van der Waals surface area contributed by atoms with Crippen molar-refractivity contribution >= 4 is 11.9 Å². The van der Waals surface area contributed by atoms with E-state index in [1.807, 2.05) is 4.90 Å². The molecule has 20 heavy (non-hydrogen) atoms. The van der Waals surface area contributed by atoms with Crippen LogP contribution in [0.4, 0.5) is 0 Å². The van der Waals surface area contributed by atoms with Crippen LogP contribution in [0, 0.1) is 0 Å². The summed E-state index contributed by atoms with van der Waals surface area (Å²) < 4.78 is 0. The van der Waals surface area contributed by atoms with Crippen molar-refractivity contribution < 1.29 is 14.7 Å². The zero-order valence-electron chi connectivity index (χ0n) is 11.3. The molecule has 2 aliphatic rings. The quantitative estimate of drug-likeness (QED) is 0.902. The van der Waals surface area contributed by atoms with Crippen LogP contribution >= 0.6 is 0 Å². The fourth-order valence-electron chi connectivity index (χ4n) is 2.67. The van der Waals surface area contributed by atoms with Gasteiger partial charge in [0.1, 0.15) is 0 Å². The molecule has 106 valence electrons. The van der Waals surface area contributed by atoms with Gasteiger partial charge in [-0.3, -0.25) is 9.69 Å². The van der Waals surface area contributed by atoms with Gasteiger partial charge in [0.15, 0.2) is 0 Å². The van der Waals surface area contributed by atoms with Gasteiger partial charge in [0.25, 0.3) is 5.91 Å². The molecule has 0 unspecified atom stereocenters. The average molecular weight is 274 g/mol. The molecule has 5 heteroatoms. The molecule has 0 spiro atoms. The largest absolute Gasteiger partial charge is 0.478 e. The third-order valence-corrected chi connectivity index (χ3v) is 4.04. The maximum Gasteiger partial charge on any atom is 0.335 e. The van der Waals surface area contributed by atoms with Crippen LogP contribution in [0.5, 0.6) is 0 Å². The van der Waals surface area contributed by atoms with E-state index in [-0.39, 0.29) is 11.5 Å². The van der Waals surface area contributed by atoms with Gasteiger partial charge < -0.3 is 10.0 Å². The summed E-state index contributed by atoms with van der Waals surface area (Å²) in [7, 11) is 0. The highest BCUT2D eigenvalue weighted by Crippen LogP contribution is 2.27. The van der Waals surface area contributed by atoms with Crippen molar-refractivity contribution in [1.82, 2.24) is 9.80 Å². The van der Waals surface area contributed by atoms with Gasteiger partial charge in [-0.1, -0.05) is 0 Å². The number of carbonyl (C=O) groups is 2. The molecule has 0 radical (unpaired) electrons. The fraction of sp³-hybridized carbons (Fsp3) is 0.467. The molecule has 1 aromatic rings. The highest BCUT2D eigenvalue weighted by atomic mass is 16.4. The molecule has 1 heterocycles. The Morgan fingerprint density at radius 3 is 2.00 bits per heavy atom. The highest BCUT2D eigenvalue weighted by Gasteiger charge is 2.32. The van der Waals surface area contributed by atoms with Gasteiger partial charge in [-0.05, 0) is 37.1 Å². The van der Waals surface area contributed by atoms with E-state index in [2.05, 4.69) is 4.90 Å². The second-order valence-corrected chi connectivity index (χ2v) is 5.44. The molecule has 5 nitrogen and oxygen atoms in total. The summed E-state index contributed by atoms with van der Waals surface area (Å²) in [6.45, 7) is 3.42. The van der Waals surface area contributed by atoms with Gasteiger partial charge in [0.2, 0.25) is 0 Å². The number of piperazine rings is 1. The van der Waals surface area contributed by atoms with E-state index >= 15 is 0 Å². The van der Waals surface area contributed by atoms with Crippen molar-refractivity contribution in [2.75, 3.05) is 26.2 Å². The first kappa shape index (κ1) is 13.1. The average Bonchev–Trinajstić information content (AvgIpc) is 3.31. The number of hydrogen-bond donors (Lipinski definition) is 1. The Kier molecular flexibility index (Phi) is 3.44. The van der Waals surface area contributed by atoms with Crippen molar-refractivity contribution in [1.29, 1.82) is 0 Å². The molecule has 0 bridgehead atoms. The second-order valence-electron chi connectivity index (χ2n) is 5.44. The monoisotopic (exact) mass is 274 g/mol. The third kappa shape index (κ3) is 2.67. The number of carboxylic acid groups (broad SMARTS) is 1. The SMILES string of the molecule is O=C(O)c1ccc(C(=O)N2CCN(C3CC3)CC2)cc1. The van der Waals surface area contributed by atoms with Gasteiger partial charge in [0, 0.05) is 37.8 Å². The highest BCUT2D eigenvalue weighted by molar-refractivity contribution is 5.96. The molecule has 3 rings (SSSR count). The first-order chi connectivity index (χ1) is 9.65. The van der Waals surface area contributed by atoms with Gasteiger partial charge >= 0.3 is 5.97 Å². The lowest BCUT2D eigenvalue weighted by Crippen LogP contribution is -2.49. The lowest BCUT2D eigenvalue weighted by Gasteiger charge is -2.34. The maximum absolute atomic E-state index is 12.3. The van der Waals surface area contributed by atoms with Crippen molar-refractivity contribution in [3.05, 3.63) is 35.4 Å². The molecule has 1 N–H and O–H groups in total. The van der Waals surface area contributed by atoms with Crippen LogP contribution in [0.25, 0.3) is 0 Å². The minimum absolute atomic E-state index is 0.00242. The minimum Gasteiger partial charge on any atom is -0.478 e. The summed E-state index contributed by atoms with van der Waals surface area (Å²) >= 11 is 0. The first-order valence-corrected chi connectivity index (χ1v) is 7.02. The summed E-state index contributed by atoms with van der Waals surface area (Å²) in [5.74, 6) is -0.973. The van der Waals surface area contributed by atoms with Crippen LogP contribution in [0.2, 0.25) is 0 Å². The first-order valence-electron chi connectivity index (χ1n) is 7.02. The maximum atomic E-state index is 12.3. The molecule has 1 aromatic carbocycles. The van der Waals surface area contributed by atoms with Crippen LogP contribution in [0.1, 0.15) is 33.6 Å². The summed E-state index contributed by atoms with van der Waals surface area (Å²) in [5.41, 5.74) is 0.773. The molecule has 1 aliphatic heterocycles. The topological polar surface area (TPSA) is 60.9 Å². The van der Waals surface area contributed by atoms with E-state index in [4.69, 9.17) is 5.11 Å². The number of hydrogen-bond acceptors (Lipinski definition) is 3.